The van der Waals surface area contributed by atoms with E-state index in [-0.39, 0.29) is 0 Å². The lowest BCUT2D eigenvalue weighted by molar-refractivity contribution is 0.335. The van der Waals surface area contributed by atoms with E-state index in [2.05, 4.69) is 77.3 Å². The van der Waals surface area contributed by atoms with E-state index in [0.717, 1.165) is 0 Å². The van der Waals surface area contributed by atoms with E-state index in [4.69, 9.17) is 0 Å². The first-order valence-corrected chi connectivity index (χ1v) is 8.32. The maximum Gasteiger partial charge on any atom is -0.00223 e. The maximum atomic E-state index is 2.50. The number of hydrogen-bond acceptors (Lipinski definition) is 0. The zero-order chi connectivity index (χ0) is 12.2. The molecule has 0 aromatic carbocycles. The average Bonchev–Trinajstić information content (AvgIpc) is 2.49. The average molecular weight is 450 g/mol. The second-order valence-corrected chi connectivity index (χ2v) is 8.47. The standard InChI is InChI=1S/C15H16I2/c1-15(2)13-7-9(16)3-5-11(13)12-6-4-10(17)8-14(12)15/h3,5,8,13H,4,6-7H2,1-2H3. The normalized spacial score (nSPS) is 30.4. The van der Waals surface area contributed by atoms with Crippen molar-refractivity contribution in [2.75, 3.05) is 0 Å². The van der Waals surface area contributed by atoms with Crippen LogP contribution in [0.4, 0.5) is 0 Å². The van der Waals surface area contributed by atoms with Gasteiger partial charge >= 0.3 is 0 Å². The molecule has 0 N–H and O–H groups in total. The van der Waals surface area contributed by atoms with Crippen molar-refractivity contribution in [2.24, 2.45) is 11.3 Å². The van der Waals surface area contributed by atoms with Crippen LogP contribution in [0.3, 0.4) is 0 Å². The summed E-state index contributed by atoms with van der Waals surface area (Å²) in [6.45, 7) is 4.85. The molecule has 2 heteroatoms. The van der Waals surface area contributed by atoms with Crippen LogP contribution in [0.1, 0.15) is 33.1 Å². The molecule has 0 aromatic heterocycles. The predicted octanol–water partition coefficient (Wildman–Crippen LogP) is 5.70. The Labute approximate surface area is 131 Å². The number of fused-ring (bicyclic) bond motifs is 2. The highest BCUT2D eigenvalue weighted by Crippen LogP contribution is 2.57. The maximum absolute atomic E-state index is 2.50. The largest absolute Gasteiger partial charge is 0.0577 e. The fraction of sp³-hybridized carbons (Fsp3) is 0.467. The van der Waals surface area contributed by atoms with Crippen molar-refractivity contribution < 1.29 is 0 Å². The fourth-order valence-electron chi connectivity index (χ4n) is 3.38. The van der Waals surface area contributed by atoms with Crippen molar-refractivity contribution in [3.05, 3.63) is 42.1 Å². The fourth-order valence-corrected chi connectivity index (χ4v) is 4.58. The molecule has 0 saturated heterocycles. The first-order valence-electron chi connectivity index (χ1n) is 6.16. The van der Waals surface area contributed by atoms with Gasteiger partial charge in [0.05, 0.1) is 0 Å². The molecule has 0 bridgehead atoms. The van der Waals surface area contributed by atoms with Gasteiger partial charge < -0.3 is 0 Å². The molecular weight excluding hydrogens is 434 g/mol. The highest BCUT2D eigenvalue weighted by molar-refractivity contribution is 14.1. The monoisotopic (exact) mass is 450 g/mol. The van der Waals surface area contributed by atoms with Crippen molar-refractivity contribution in [2.45, 2.75) is 33.1 Å². The quantitative estimate of drug-likeness (QED) is 0.416. The Morgan fingerprint density at radius 2 is 1.88 bits per heavy atom. The van der Waals surface area contributed by atoms with Crippen LogP contribution in [0.2, 0.25) is 0 Å². The van der Waals surface area contributed by atoms with Crippen LogP contribution in [-0.2, 0) is 0 Å². The molecule has 17 heavy (non-hydrogen) atoms. The molecule has 0 aromatic rings. The molecule has 0 nitrogen and oxygen atoms in total. The van der Waals surface area contributed by atoms with Crippen molar-refractivity contribution >= 4 is 45.2 Å². The van der Waals surface area contributed by atoms with Crippen LogP contribution in [0.5, 0.6) is 0 Å². The number of rotatable bonds is 0. The Kier molecular flexibility index (Phi) is 3.09. The van der Waals surface area contributed by atoms with Crippen LogP contribution in [0, 0.1) is 11.3 Å². The SMILES string of the molecule is CC1(C)C2=C(CCC(I)=C2)C2=CC=C(I)CC21. The molecule has 0 heterocycles. The minimum Gasteiger partial charge on any atom is -0.0577 e. The van der Waals surface area contributed by atoms with Gasteiger partial charge in [-0.2, -0.15) is 0 Å². The van der Waals surface area contributed by atoms with Gasteiger partial charge in [-0.15, -0.1) is 0 Å². The molecular formula is C15H16I2. The topological polar surface area (TPSA) is 0 Å². The third-order valence-corrected chi connectivity index (χ3v) is 6.02. The summed E-state index contributed by atoms with van der Waals surface area (Å²) in [5, 5.41) is 0. The van der Waals surface area contributed by atoms with Gasteiger partial charge in [-0.1, -0.05) is 26.0 Å². The lowest BCUT2D eigenvalue weighted by Crippen LogP contribution is -2.22. The Morgan fingerprint density at radius 3 is 2.65 bits per heavy atom. The van der Waals surface area contributed by atoms with E-state index in [0.29, 0.717) is 11.3 Å². The van der Waals surface area contributed by atoms with Gasteiger partial charge in [-0.05, 0) is 106 Å². The van der Waals surface area contributed by atoms with Crippen molar-refractivity contribution in [1.82, 2.24) is 0 Å². The highest BCUT2D eigenvalue weighted by atomic mass is 127. The molecule has 1 atom stereocenters. The second kappa shape index (κ2) is 4.22. The zero-order valence-corrected chi connectivity index (χ0v) is 14.5. The molecule has 1 unspecified atom stereocenters. The van der Waals surface area contributed by atoms with Gasteiger partial charge in [-0.25, -0.2) is 0 Å². The highest BCUT2D eigenvalue weighted by Gasteiger charge is 2.45. The number of halogens is 2. The first kappa shape index (κ1) is 12.5. The van der Waals surface area contributed by atoms with Crippen LogP contribution in [0.25, 0.3) is 0 Å². The minimum atomic E-state index is 0.322. The van der Waals surface area contributed by atoms with Crippen molar-refractivity contribution in [1.29, 1.82) is 0 Å². The van der Waals surface area contributed by atoms with Gasteiger partial charge in [0.15, 0.2) is 0 Å². The van der Waals surface area contributed by atoms with Crippen molar-refractivity contribution in [3.63, 3.8) is 0 Å². The second-order valence-electron chi connectivity index (χ2n) is 5.70. The Morgan fingerprint density at radius 1 is 1.12 bits per heavy atom. The Balaban J connectivity index is 2.15. The summed E-state index contributed by atoms with van der Waals surface area (Å²) in [6, 6.07) is 0. The summed E-state index contributed by atoms with van der Waals surface area (Å²) in [5.74, 6) is 0.711. The molecule has 0 fully saturated rings. The van der Waals surface area contributed by atoms with Gasteiger partial charge in [0.25, 0.3) is 0 Å². The van der Waals surface area contributed by atoms with E-state index in [1.807, 2.05) is 0 Å². The van der Waals surface area contributed by atoms with E-state index in [9.17, 15) is 0 Å². The van der Waals surface area contributed by atoms with E-state index in [1.54, 1.807) is 16.7 Å². The van der Waals surface area contributed by atoms with Crippen LogP contribution in [0.15, 0.2) is 42.1 Å². The van der Waals surface area contributed by atoms with Crippen LogP contribution in [-0.4, -0.2) is 0 Å². The van der Waals surface area contributed by atoms with E-state index >= 15 is 0 Å². The molecule has 3 aliphatic carbocycles. The molecule has 90 valence electrons. The summed E-state index contributed by atoms with van der Waals surface area (Å²) >= 11 is 4.99. The smallest absolute Gasteiger partial charge is 0.00223 e. The third-order valence-electron chi connectivity index (χ3n) is 4.37. The van der Waals surface area contributed by atoms with Gasteiger partial charge in [0.2, 0.25) is 0 Å². The Bertz CT molecular complexity index is 501. The summed E-state index contributed by atoms with van der Waals surface area (Å²) in [6.07, 6.45) is 10.9. The van der Waals surface area contributed by atoms with Gasteiger partial charge in [0.1, 0.15) is 0 Å². The molecule has 3 aliphatic rings. The van der Waals surface area contributed by atoms with Crippen LogP contribution >= 0.6 is 45.2 Å². The number of allylic oxidation sites excluding steroid dienone is 8. The summed E-state index contributed by atoms with van der Waals surface area (Å²) in [7, 11) is 0. The lowest BCUT2D eigenvalue weighted by Gasteiger charge is -2.31. The predicted molar refractivity (Wildman–Crippen MR) is 90.4 cm³/mol. The van der Waals surface area contributed by atoms with Gasteiger partial charge in [0, 0.05) is 0 Å². The molecule has 0 spiro atoms. The summed E-state index contributed by atoms with van der Waals surface area (Å²) < 4.78 is 3.03. The third kappa shape index (κ3) is 1.90. The zero-order valence-electron chi connectivity index (χ0n) is 10.2. The summed E-state index contributed by atoms with van der Waals surface area (Å²) in [5.41, 5.74) is 5.22. The van der Waals surface area contributed by atoms with E-state index in [1.165, 1.54) is 26.4 Å². The van der Waals surface area contributed by atoms with Gasteiger partial charge in [-0.3, -0.25) is 0 Å². The summed E-state index contributed by atoms with van der Waals surface area (Å²) in [4.78, 5) is 0. The van der Waals surface area contributed by atoms with Crippen LogP contribution < -0.4 is 0 Å². The first-order chi connectivity index (χ1) is 8.00. The lowest BCUT2D eigenvalue weighted by atomic mass is 9.73. The molecule has 0 amide bonds. The van der Waals surface area contributed by atoms with Crippen molar-refractivity contribution in [3.8, 4) is 0 Å². The minimum absolute atomic E-state index is 0.322. The molecule has 0 saturated carbocycles. The molecule has 0 radical (unpaired) electrons. The Hall–Kier alpha value is 0.420. The molecule has 0 aliphatic heterocycles. The number of hydrogen-bond donors (Lipinski definition) is 0. The molecule has 3 rings (SSSR count). The van der Waals surface area contributed by atoms with E-state index < -0.39 is 0 Å².